The first-order chi connectivity index (χ1) is 12.0. The standard InChI is InChI=1S/C18H21BrN4OS/c1-10-4-3-5-11(2)23(10)9-12-8-13-16(20)21-17(22-18(13)25-12)14-6-7-15(19)24-14/h6-8,10-11H,3-5,9H2,1-2H3,(H2,20,21,22)/t10-,11+. The molecule has 0 amide bonds. The van der Waals surface area contributed by atoms with Crippen molar-refractivity contribution in [2.24, 2.45) is 0 Å². The lowest BCUT2D eigenvalue weighted by Gasteiger charge is -2.38. The summed E-state index contributed by atoms with van der Waals surface area (Å²) in [6.07, 6.45) is 3.87. The van der Waals surface area contributed by atoms with E-state index < -0.39 is 0 Å². The van der Waals surface area contributed by atoms with Gasteiger partial charge in [0, 0.05) is 23.5 Å². The number of furan rings is 1. The first-order valence-electron chi connectivity index (χ1n) is 8.58. The zero-order valence-electron chi connectivity index (χ0n) is 14.3. The fourth-order valence-corrected chi connectivity index (χ4v) is 4.93. The number of rotatable bonds is 3. The lowest BCUT2D eigenvalue weighted by molar-refractivity contribution is 0.0965. The maximum Gasteiger partial charge on any atom is 0.199 e. The Bertz CT molecular complexity index is 896. The largest absolute Gasteiger partial charge is 0.446 e. The first-order valence-corrected chi connectivity index (χ1v) is 10.2. The maximum absolute atomic E-state index is 6.19. The third-order valence-electron chi connectivity index (χ3n) is 4.98. The van der Waals surface area contributed by atoms with Gasteiger partial charge in [0.1, 0.15) is 10.6 Å². The Morgan fingerprint density at radius 2 is 2.04 bits per heavy atom. The van der Waals surface area contributed by atoms with Crippen LogP contribution in [0.5, 0.6) is 0 Å². The van der Waals surface area contributed by atoms with E-state index in [0.29, 0.717) is 34.2 Å². The van der Waals surface area contributed by atoms with Crippen LogP contribution >= 0.6 is 27.3 Å². The van der Waals surface area contributed by atoms with Crippen molar-refractivity contribution in [3.05, 3.63) is 27.7 Å². The molecule has 25 heavy (non-hydrogen) atoms. The number of halogens is 1. The third kappa shape index (κ3) is 3.32. The molecule has 0 bridgehead atoms. The number of piperidine rings is 1. The van der Waals surface area contributed by atoms with Gasteiger partial charge in [0.05, 0.1) is 5.39 Å². The summed E-state index contributed by atoms with van der Waals surface area (Å²) in [6, 6.07) is 7.06. The number of aromatic nitrogens is 2. The number of hydrogen-bond acceptors (Lipinski definition) is 6. The number of nitrogens with two attached hydrogens (primary N) is 1. The van der Waals surface area contributed by atoms with Gasteiger partial charge in [0.2, 0.25) is 0 Å². The molecule has 0 saturated carbocycles. The van der Waals surface area contributed by atoms with Crippen LogP contribution in [0.2, 0.25) is 0 Å². The van der Waals surface area contributed by atoms with Crippen LogP contribution in [-0.2, 0) is 6.54 Å². The molecule has 7 heteroatoms. The van der Waals surface area contributed by atoms with E-state index in [4.69, 9.17) is 10.2 Å². The Morgan fingerprint density at radius 3 is 2.72 bits per heavy atom. The van der Waals surface area contributed by atoms with Gasteiger partial charge in [0.15, 0.2) is 16.3 Å². The average Bonchev–Trinajstić information content (AvgIpc) is 3.17. The lowest BCUT2D eigenvalue weighted by atomic mass is 9.97. The minimum Gasteiger partial charge on any atom is -0.446 e. The predicted octanol–water partition coefficient (Wildman–Crippen LogP) is 5.06. The molecule has 1 aliphatic heterocycles. The lowest BCUT2D eigenvalue weighted by Crippen LogP contribution is -2.42. The Labute approximate surface area is 159 Å². The van der Waals surface area contributed by atoms with Crippen molar-refractivity contribution in [2.75, 3.05) is 5.73 Å². The van der Waals surface area contributed by atoms with Gasteiger partial charge in [-0.2, -0.15) is 0 Å². The summed E-state index contributed by atoms with van der Waals surface area (Å²) in [5.41, 5.74) is 6.19. The molecular formula is C18H21BrN4OS. The van der Waals surface area contributed by atoms with Crippen LogP contribution in [-0.4, -0.2) is 27.0 Å². The van der Waals surface area contributed by atoms with Crippen LogP contribution in [0.4, 0.5) is 5.82 Å². The Kier molecular flexibility index (Phi) is 4.56. The molecule has 1 saturated heterocycles. The molecule has 0 aliphatic carbocycles. The summed E-state index contributed by atoms with van der Waals surface area (Å²) < 4.78 is 6.22. The van der Waals surface area contributed by atoms with Gasteiger partial charge in [-0.1, -0.05) is 6.42 Å². The Morgan fingerprint density at radius 1 is 1.28 bits per heavy atom. The molecule has 0 unspecified atom stereocenters. The van der Waals surface area contributed by atoms with Crippen molar-refractivity contribution < 1.29 is 4.42 Å². The van der Waals surface area contributed by atoms with Crippen LogP contribution in [0, 0.1) is 0 Å². The molecule has 3 aromatic rings. The second kappa shape index (κ2) is 6.70. The Balaban J connectivity index is 1.67. The van der Waals surface area contributed by atoms with Crippen molar-refractivity contribution in [3.63, 3.8) is 0 Å². The number of thiophene rings is 1. The van der Waals surface area contributed by atoms with Gasteiger partial charge >= 0.3 is 0 Å². The highest BCUT2D eigenvalue weighted by atomic mass is 79.9. The molecule has 5 nitrogen and oxygen atoms in total. The molecule has 0 spiro atoms. The summed E-state index contributed by atoms with van der Waals surface area (Å²) in [6.45, 7) is 5.60. The molecular weight excluding hydrogens is 400 g/mol. The fraction of sp³-hybridized carbons (Fsp3) is 0.444. The predicted molar refractivity (Wildman–Crippen MR) is 106 cm³/mol. The third-order valence-corrected chi connectivity index (χ3v) is 6.42. The summed E-state index contributed by atoms with van der Waals surface area (Å²) >= 11 is 5.01. The monoisotopic (exact) mass is 420 g/mol. The maximum atomic E-state index is 6.19. The molecule has 2 N–H and O–H groups in total. The first kappa shape index (κ1) is 17.0. The smallest absolute Gasteiger partial charge is 0.199 e. The topological polar surface area (TPSA) is 68.2 Å². The highest BCUT2D eigenvalue weighted by Crippen LogP contribution is 2.33. The molecule has 0 radical (unpaired) electrons. The van der Waals surface area contributed by atoms with Crippen LogP contribution in [0.3, 0.4) is 0 Å². The molecule has 4 rings (SSSR count). The minimum absolute atomic E-state index is 0.509. The van der Waals surface area contributed by atoms with Crippen LogP contribution < -0.4 is 5.73 Å². The van der Waals surface area contributed by atoms with E-state index in [2.05, 4.69) is 50.7 Å². The van der Waals surface area contributed by atoms with Crippen molar-refractivity contribution >= 4 is 43.3 Å². The highest BCUT2D eigenvalue weighted by Gasteiger charge is 2.25. The summed E-state index contributed by atoms with van der Waals surface area (Å²) in [7, 11) is 0. The molecule has 2 atom stereocenters. The fourth-order valence-electron chi connectivity index (χ4n) is 3.58. The van der Waals surface area contributed by atoms with E-state index in [-0.39, 0.29) is 0 Å². The number of anilines is 1. The summed E-state index contributed by atoms with van der Waals surface area (Å²) in [4.78, 5) is 13.9. The second-order valence-corrected chi connectivity index (χ2v) is 8.67. The SMILES string of the molecule is C[C@@H]1CCC[C@H](C)N1Cc1cc2c(N)nc(-c3ccc(Br)o3)nc2s1. The van der Waals surface area contributed by atoms with E-state index in [1.54, 1.807) is 11.3 Å². The highest BCUT2D eigenvalue weighted by molar-refractivity contribution is 9.10. The van der Waals surface area contributed by atoms with Crippen molar-refractivity contribution in [3.8, 4) is 11.6 Å². The van der Waals surface area contributed by atoms with E-state index in [1.807, 2.05) is 12.1 Å². The zero-order chi connectivity index (χ0) is 17.6. The van der Waals surface area contributed by atoms with Crippen molar-refractivity contribution in [1.29, 1.82) is 0 Å². The van der Waals surface area contributed by atoms with Gasteiger partial charge in [-0.25, -0.2) is 9.97 Å². The quantitative estimate of drug-likeness (QED) is 0.640. The van der Waals surface area contributed by atoms with Crippen LogP contribution in [0.1, 0.15) is 38.0 Å². The molecule has 4 heterocycles. The minimum atomic E-state index is 0.509. The van der Waals surface area contributed by atoms with Crippen LogP contribution in [0.15, 0.2) is 27.3 Å². The van der Waals surface area contributed by atoms with Gasteiger partial charge in [-0.3, -0.25) is 4.90 Å². The molecule has 1 aliphatic rings. The Hall–Kier alpha value is -1.44. The summed E-state index contributed by atoms with van der Waals surface area (Å²) in [5, 5.41) is 0.937. The van der Waals surface area contributed by atoms with Gasteiger partial charge in [-0.15, -0.1) is 11.3 Å². The van der Waals surface area contributed by atoms with Crippen molar-refractivity contribution in [2.45, 2.75) is 51.7 Å². The number of nitrogen functional groups attached to an aromatic ring is 1. The van der Waals surface area contributed by atoms with E-state index >= 15 is 0 Å². The number of nitrogens with zero attached hydrogens (tertiary/aromatic N) is 3. The average molecular weight is 421 g/mol. The van der Waals surface area contributed by atoms with E-state index in [9.17, 15) is 0 Å². The number of fused-ring (bicyclic) bond motifs is 1. The van der Waals surface area contributed by atoms with Gasteiger partial charge in [-0.05, 0) is 60.8 Å². The van der Waals surface area contributed by atoms with Gasteiger partial charge < -0.3 is 10.2 Å². The van der Waals surface area contributed by atoms with E-state index in [0.717, 1.165) is 16.8 Å². The number of likely N-dealkylation sites (tertiary alicyclic amines) is 1. The van der Waals surface area contributed by atoms with Crippen molar-refractivity contribution in [1.82, 2.24) is 14.9 Å². The van der Waals surface area contributed by atoms with Gasteiger partial charge in [0.25, 0.3) is 0 Å². The molecule has 1 fully saturated rings. The molecule has 0 aromatic carbocycles. The summed E-state index contributed by atoms with van der Waals surface area (Å²) in [5.74, 6) is 1.66. The zero-order valence-corrected chi connectivity index (χ0v) is 16.7. The van der Waals surface area contributed by atoms with Crippen LogP contribution in [0.25, 0.3) is 21.8 Å². The second-order valence-electron chi connectivity index (χ2n) is 6.77. The normalized spacial score (nSPS) is 21.9. The van der Waals surface area contributed by atoms with E-state index in [1.165, 1.54) is 24.1 Å². The number of hydrogen-bond donors (Lipinski definition) is 1. The molecule has 132 valence electrons. The molecule has 3 aromatic heterocycles.